The molecule has 0 aliphatic carbocycles. The van der Waals surface area contributed by atoms with E-state index in [-0.39, 0.29) is 0 Å². The third-order valence-electron chi connectivity index (χ3n) is 5.17. The molecule has 0 saturated heterocycles. The molecule has 2 aromatic carbocycles. The predicted octanol–water partition coefficient (Wildman–Crippen LogP) is 6.62. The van der Waals surface area contributed by atoms with Crippen LogP contribution in [-0.2, 0) is 4.74 Å². The second-order valence-corrected chi connectivity index (χ2v) is 9.40. The van der Waals surface area contributed by atoms with E-state index in [1.54, 1.807) is 45.3 Å². The molecule has 36 heavy (non-hydrogen) atoms. The molecule has 0 spiro atoms. The van der Waals surface area contributed by atoms with Gasteiger partial charge >= 0.3 is 12.2 Å². The molecule has 0 unspecified atom stereocenters. The van der Waals surface area contributed by atoms with Crippen molar-refractivity contribution in [3.63, 3.8) is 0 Å². The van der Waals surface area contributed by atoms with Gasteiger partial charge in [-0.15, -0.1) is 0 Å². The summed E-state index contributed by atoms with van der Waals surface area (Å²) in [6.45, 7) is 9.22. The summed E-state index contributed by atoms with van der Waals surface area (Å²) >= 11 is 0. The molecule has 0 bridgehead atoms. The Morgan fingerprint density at radius 3 is 2.28 bits per heavy atom. The molecule has 0 aliphatic rings. The van der Waals surface area contributed by atoms with Crippen molar-refractivity contribution in [2.75, 3.05) is 5.32 Å². The number of ether oxygens (including phenoxy) is 2. The quantitative estimate of drug-likeness (QED) is 0.350. The first-order valence-electron chi connectivity index (χ1n) is 11.5. The summed E-state index contributed by atoms with van der Waals surface area (Å²) in [6, 6.07) is 18.5. The Labute approximate surface area is 209 Å². The van der Waals surface area contributed by atoms with Crippen molar-refractivity contribution in [2.24, 2.45) is 0 Å². The van der Waals surface area contributed by atoms with Gasteiger partial charge in [-0.3, -0.25) is 5.32 Å². The lowest BCUT2D eigenvalue weighted by atomic mass is 10.0. The molecule has 4 aromatic rings. The first-order valence-corrected chi connectivity index (χ1v) is 11.5. The van der Waals surface area contributed by atoms with Gasteiger partial charge in [-0.05, 0) is 58.4 Å². The number of carbonyl (C=O) groups excluding carboxylic acids is 2. The molecular weight excluding hydrogens is 456 g/mol. The molecule has 2 heterocycles. The minimum atomic E-state index is -0.641. The van der Waals surface area contributed by atoms with Gasteiger partial charge < -0.3 is 9.47 Å². The fraction of sp³-hybridized carbons (Fsp3) is 0.214. The third-order valence-corrected chi connectivity index (χ3v) is 5.17. The van der Waals surface area contributed by atoms with Gasteiger partial charge in [0.05, 0.1) is 23.3 Å². The van der Waals surface area contributed by atoms with E-state index in [1.807, 2.05) is 62.4 Å². The van der Waals surface area contributed by atoms with Crippen LogP contribution in [0.15, 0.2) is 73.1 Å². The number of hydrogen-bond donors (Lipinski definition) is 1. The van der Waals surface area contributed by atoms with E-state index in [0.29, 0.717) is 28.4 Å². The van der Waals surface area contributed by atoms with E-state index in [0.717, 1.165) is 21.4 Å². The highest BCUT2D eigenvalue weighted by molar-refractivity contribution is 5.92. The van der Waals surface area contributed by atoms with Crippen molar-refractivity contribution in [1.29, 1.82) is 0 Å². The molecule has 8 heteroatoms. The standard InChI is InChI=1S/C28H28N4O4/c1-18-11-13-22(14-12-18)35-26(33)30-23-15-19(2)24(31-25(23)20-9-7-6-8-10-20)21-16-29-32(17-21)27(34)36-28(3,4)5/h6-17H,1-5H3,(H,30,33). The van der Waals surface area contributed by atoms with Gasteiger partial charge in [-0.2, -0.15) is 9.78 Å². The zero-order valence-electron chi connectivity index (χ0n) is 20.9. The van der Waals surface area contributed by atoms with Crippen LogP contribution >= 0.6 is 0 Å². The van der Waals surface area contributed by atoms with E-state index in [9.17, 15) is 9.59 Å². The number of anilines is 1. The van der Waals surface area contributed by atoms with Crippen LogP contribution in [0, 0.1) is 13.8 Å². The molecule has 8 nitrogen and oxygen atoms in total. The van der Waals surface area contributed by atoms with Crippen LogP contribution in [0.4, 0.5) is 15.3 Å². The fourth-order valence-electron chi connectivity index (χ4n) is 3.52. The first kappa shape index (κ1) is 24.7. The van der Waals surface area contributed by atoms with Gasteiger partial charge in [0.2, 0.25) is 0 Å². The minimum Gasteiger partial charge on any atom is -0.442 e. The van der Waals surface area contributed by atoms with Crippen molar-refractivity contribution >= 4 is 17.9 Å². The largest absolute Gasteiger partial charge is 0.442 e. The highest BCUT2D eigenvalue weighted by atomic mass is 16.6. The number of nitrogens with one attached hydrogen (secondary N) is 1. The van der Waals surface area contributed by atoms with Crippen LogP contribution < -0.4 is 10.1 Å². The Bertz CT molecular complexity index is 1390. The van der Waals surface area contributed by atoms with Gasteiger partial charge in [0.25, 0.3) is 0 Å². The van der Waals surface area contributed by atoms with Crippen LogP contribution in [0.25, 0.3) is 22.5 Å². The van der Waals surface area contributed by atoms with Crippen molar-refractivity contribution in [2.45, 2.75) is 40.2 Å². The summed E-state index contributed by atoms with van der Waals surface area (Å²) < 4.78 is 12.0. The number of pyridine rings is 1. The summed E-state index contributed by atoms with van der Waals surface area (Å²) in [7, 11) is 0. The molecule has 0 aliphatic heterocycles. The Balaban J connectivity index is 1.67. The summed E-state index contributed by atoms with van der Waals surface area (Å²) in [5.41, 5.74) is 4.34. The third kappa shape index (κ3) is 5.96. The van der Waals surface area contributed by atoms with Crippen LogP contribution in [0.1, 0.15) is 31.9 Å². The van der Waals surface area contributed by atoms with Crippen LogP contribution in [0.2, 0.25) is 0 Å². The Morgan fingerprint density at radius 2 is 1.61 bits per heavy atom. The van der Waals surface area contributed by atoms with Crippen LogP contribution in [0.5, 0.6) is 5.75 Å². The number of hydrogen-bond acceptors (Lipinski definition) is 6. The maximum absolute atomic E-state index is 12.7. The number of aromatic nitrogens is 3. The van der Waals surface area contributed by atoms with Crippen LogP contribution in [0.3, 0.4) is 0 Å². The Hall–Kier alpha value is -4.46. The summed E-state index contributed by atoms with van der Waals surface area (Å²) in [6.07, 6.45) is 1.94. The minimum absolute atomic E-state index is 0.440. The van der Waals surface area contributed by atoms with Gasteiger partial charge in [0, 0.05) is 17.3 Å². The summed E-state index contributed by atoms with van der Waals surface area (Å²) in [4.78, 5) is 30.0. The van der Waals surface area contributed by atoms with Gasteiger partial charge in [0.15, 0.2) is 0 Å². The number of benzene rings is 2. The normalized spacial score (nSPS) is 11.1. The lowest BCUT2D eigenvalue weighted by molar-refractivity contribution is 0.0514. The average Bonchev–Trinajstić information content (AvgIpc) is 3.30. The molecule has 0 fully saturated rings. The van der Waals surface area contributed by atoms with Gasteiger partial charge in [-0.1, -0.05) is 48.0 Å². The van der Waals surface area contributed by atoms with Crippen molar-refractivity contribution in [1.82, 2.24) is 14.8 Å². The first-order chi connectivity index (χ1) is 17.1. The van der Waals surface area contributed by atoms with E-state index < -0.39 is 17.8 Å². The molecule has 0 saturated carbocycles. The van der Waals surface area contributed by atoms with E-state index in [4.69, 9.17) is 14.5 Å². The summed E-state index contributed by atoms with van der Waals surface area (Å²) in [5, 5.41) is 6.98. The van der Waals surface area contributed by atoms with Crippen LogP contribution in [-0.4, -0.2) is 32.6 Å². The number of nitrogens with zero attached hydrogens (tertiary/aromatic N) is 3. The molecule has 2 aromatic heterocycles. The molecule has 1 N–H and O–H groups in total. The molecule has 0 radical (unpaired) electrons. The Morgan fingerprint density at radius 1 is 0.917 bits per heavy atom. The lowest BCUT2D eigenvalue weighted by Gasteiger charge is -2.18. The highest BCUT2D eigenvalue weighted by Crippen LogP contribution is 2.32. The summed E-state index contributed by atoms with van der Waals surface area (Å²) in [5.74, 6) is 0.440. The predicted molar refractivity (Wildman–Crippen MR) is 138 cm³/mol. The lowest BCUT2D eigenvalue weighted by Crippen LogP contribution is -2.27. The maximum atomic E-state index is 12.7. The van der Waals surface area contributed by atoms with Gasteiger partial charge in [-0.25, -0.2) is 14.6 Å². The number of aryl methyl sites for hydroxylation is 2. The molecular formula is C28H28N4O4. The van der Waals surface area contributed by atoms with E-state index in [1.165, 1.54) is 0 Å². The van der Waals surface area contributed by atoms with E-state index >= 15 is 0 Å². The number of carbonyl (C=O) groups is 2. The average molecular weight is 485 g/mol. The monoisotopic (exact) mass is 484 g/mol. The fourth-order valence-corrected chi connectivity index (χ4v) is 3.52. The second kappa shape index (κ2) is 10.0. The molecule has 0 atom stereocenters. The zero-order chi connectivity index (χ0) is 25.9. The zero-order valence-corrected chi connectivity index (χ0v) is 20.9. The molecule has 184 valence electrons. The number of amides is 1. The van der Waals surface area contributed by atoms with Crippen molar-refractivity contribution in [3.05, 3.63) is 84.2 Å². The molecule has 4 rings (SSSR count). The van der Waals surface area contributed by atoms with Crippen molar-refractivity contribution < 1.29 is 19.1 Å². The maximum Gasteiger partial charge on any atom is 0.435 e. The second-order valence-electron chi connectivity index (χ2n) is 9.40. The van der Waals surface area contributed by atoms with E-state index in [2.05, 4.69) is 10.4 Å². The Kier molecular flexibility index (Phi) is 6.87. The number of rotatable bonds is 4. The molecule has 1 amide bonds. The topological polar surface area (TPSA) is 95.3 Å². The highest BCUT2D eigenvalue weighted by Gasteiger charge is 2.21. The SMILES string of the molecule is Cc1ccc(OC(=O)Nc2cc(C)c(-c3cnn(C(=O)OC(C)(C)C)c3)nc2-c2ccccc2)cc1. The van der Waals surface area contributed by atoms with Crippen molar-refractivity contribution in [3.8, 4) is 28.3 Å². The van der Waals surface area contributed by atoms with Gasteiger partial charge in [0.1, 0.15) is 11.4 Å². The smallest absolute Gasteiger partial charge is 0.435 e.